The molecule has 8 heteroatoms. The lowest BCUT2D eigenvalue weighted by Crippen LogP contribution is -2.53. The van der Waals surface area contributed by atoms with Crippen LogP contribution in [0.4, 0.5) is 5.69 Å². The zero-order chi connectivity index (χ0) is 26.5. The number of nitrogens with two attached hydrogens (primary N) is 1. The summed E-state index contributed by atoms with van der Waals surface area (Å²) in [4.78, 5) is 30.7. The SMILES string of the molecule is CCN1C(=O)[C@@H](CNc2ccc(CCN3CCCC3)cc2)SC1[C@H](N)C(=O)NC1CCCc2ccccc21. The number of benzene rings is 2. The van der Waals surface area contributed by atoms with Gasteiger partial charge < -0.3 is 26.2 Å². The summed E-state index contributed by atoms with van der Waals surface area (Å²) in [5, 5.41) is 5.97. The predicted octanol–water partition coefficient (Wildman–Crippen LogP) is 3.55. The van der Waals surface area contributed by atoms with Gasteiger partial charge in [-0.3, -0.25) is 9.59 Å². The van der Waals surface area contributed by atoms with Crippen molar-refractivity contribution in [2.75, 3.05) is 38.0 Å². The molecule has 2 saturated heterocycles. The van der Waals surface area contributed by atoms with Crippen LogP contribution < -0.4 is 16.4 Å². The van der Waals surface area contributed by atoms with Crippen molar-refractivity contribution < 1.29 is 9.59 Å². The van der Waals surface area contributed by atoms with Crippen LogP contribution in [0.1, 0.15) is 55.3 Å². The van der Waals surface area contributed by atoms with Gasteiger partial charge in [0, 0.05) is 25.3 Å². The molecule has 1 aliphatic carbocycles. The Hall–Kier alpha value is -2.55. The van der Waals surface area contributed by atoms with E-state index in [1.807, 2.05) is 19.1 Å². The van der Waals surface area contributed by atoms with Crippen molar-refractivity contribution >= 4 is 29.3 Å². The third-order valence-corrected chi connectivity index (χ3v) is 9.69. The minimum atomic E-state index is -0.780. The van der Waals surface area contributed by atoms with Gasteiger partial charge in [-0.1, -0.05) is 36.4 Å². The van der Waals surface area contributed by atoms with Crippen molar-refractivity contribution in [1.29, 1.82) is 0 Å². The largest absolute Gasteiger partial charge is 0.383 e. The first-order chi connectivity index (χ1) is 18.5. The average Bonchev–Trinajstić information content (AvgIpc) is 3.58. The van der Waals surface area contributed by atoms with Gasteiger partial charge in [-0.2, -0.15) is 0 Å². The summed E-state index contributed by atoms with van der Waals surface area (Å²) in [7, 11) is 0. The van der Waals surface area contributed by atoms with Crippen LogP contribution >= 0.6 is 11.8 Å². The number of nitrogens with one attached hydrogen (secondary N) is 2. The molecular weight excluding hydrogens is 494 g/mol. The number of carbonyl (C=O) groups excluding carboxylic acids is 2. The molecule has 4 atom stereocenters. The van der Waals surface area contributed by atoms with Crippen LogP contribution in [0.5, 0.6) is 0 Å². The lowest BCUT2D eigenvalue weighted by Gasteiger charge is -2.30. The number of thioether (sulfide) groups is 1. The van der Waals surface area contributed by atoms with Crippen molar-refractivity contribution in [3.8, 4) is 0 Å². The molecule has 2 amide bonds. The normalized spacial score (nSPS) is 24.3. The Morgan fingerprint density at radius 3 is 2.63 bits per heavy atom. The second kappa shape index (κ2) is 12.5. The summed E-state index contributed by atoms with van der Waals surface area (Å²) in [5.41, 5.74) is 11.3. The highest BCUT2D eigenvalue weighted by Gasteiger charge is 2.44. The minimum absolute atomic E-state index is 0.0218. The summed E-state index contributed by atoms with van der Waals surface area (Å²) < 4.78 is 0. The second-order valence-electron chi connectivity index (χ2n) is 10.7. The van der Waals surface area contributed by atoms with Crippen LogP contribution in [0.25, 0.3) is 0 Å². The quantitative estimate of drug-likeness (QED) is 0.431. The molecule has 2 unspecified atom stereocenters. The van der Waals surface area contributed by atoms with Crippen LogP contribution in [0.2, 0.25) is 0 Å². The molecule has 5 rings (SSSR count). The molecule has 0 radical (unpaired) electrons. The third-order valence-electron chi connectivity index (χ3n) is 8.17. The van der Waals surface area contributed by atoms with E-state index in [1.54, 1.807) is 4.90 Å². The van der Waals surface area contributed by atoms with Gasteiger partial charge in [0.1, 0.15) is 16.7 Å². The van der Waals surface area contributed by atoms with E-state index in [2.05, 4.69) is 51.9 Å². The van der Waals surface area contributed by atoms with E-state index in [1.165, 1.54) is 54.4 Å². The van der Waals surface area contributed by atoms with Crippen molar-refractivity contribution in [2.24, 2.45) is 5.73 Å². The smallest absolute Gasteiger partial charge is 0.240 e. The van der Waals surface area contributed by atoms with Crippen molar-refractivity contribution in [1.82, 2.24) is 15.1 Å². The molecule has 38 heavy (non-hydrogen) atoms. The molecule has 0 spiro atoms. The molecule has 2 aliphatic heterocycles. The lowest BCUT2D eigenvalue weighted by molar-refractivity contribution is -0.131. The molecular formula is C30H41N5O2S. The highest BCUT2D eigenvalue weighted by molar-refractivity contribution is 8.01. The Morgan fingerprint density at radius 2 is 1.87 bits per heavy atom. The van der Waals surface area contributed by atoms with E-state index < -0.39 is 6.04 Å². The molecule has 204 valence electrons. The van der Waals surface area contributed by atoms with E-state index >= 15 is 0 Å². The van der Waals surface area contributed by atoms with Crippen LogP contribution in [0.15, 0.2) is 48.5 Å². The standard InChI is InChI=1S/C30H41N5O2S/c1-2-35-29(37)26(20-32-23-14-12-21(13-15-23)16-19-34-17-5-6-18-34)38-30(35)27(31)28(36)33-25-11-7-9-22-8-3-4-10-24(22)25/h3-4,8,10,12-15,25-27,30,32H,2,5-7,9,11,16-20,31H2,1H3,(H,33,36)/t25?,26-,27-,30?/m1/s1. The Bertz CT molecular complexity index is 1100. The highest BCUT2D eigenvalue weighted by Crippen LogP contribution is 2.34. The van der Waals surface area contributed by atoms with Gasteiger partial charge in [0.25, 0.3) is 0 Å². The maximum atomic E-state index is 13.2. The fraction of sp³-hybridized carbons (Fsp3) is 0.533. The summed E-state index contributed by atoms with van der Waals surface area (Å²) in [5.74, 6) is -0.142. The topological polar surface area (TPSA) is 90.7 Å². The number of rotatable bonds is 10. The van der Waals surface area contributed by atoms with Gasteiger partial charge in [-0.05, 0) is 87.4 Å². The fourth-order valence-corrected chi connectivity index (χ4v) is 7.42. The Balaban J connectivity index is 1.14. The van der Waals surface area contributed by atoms with E-state index in [0.29, 0.717) is 13.1 Å². The molecule has 4 N–H and O–H groups in total. The number of likely N-dealkylation sites (N-methyl/N-ethyl adjacent to an activating group) is 1. The van der Waals surface area contributed by atoms with Crippen molar-refractivity contribution in [3.63, 3.8) is 0 Å². The lowest BCUT2D eigenvalue weighted by atomic mass is 9.87. The first kappa shape index (κ1) is 27.0. The highest BCUT2D eigenvalue weighted by atomic mass is 32.2. The number of hydrogen-bond acceptors (Lipinski definition) is 6. The van der Waals surface area contributed by atoms with Gasteiger partial charge in [0.2, 0.25) is 11.8 Å². The van der Waals surface area contributed by atoms with Crippen molar-refractivity contribution in [2.45, 2.75) is 68.2 Å². The molecule has 3 aliphatic rings. The maximum Gasteiger partial charge on any atom is 0.240 e. The molecule has 0 bridgehead atoms. The monoisotopic (exact) mass is 535 g/mol. The van der Waals surface area contributed by atoms with Crippen LogP contribution in [0, 0.1) is 0 Å². The number of carbonyl (C=O) groups is 2. The molecule has 2 fully saturated rings. The van der Waals surface area contributed by atoms with Crippen LogP contribution in [0.3, 0.4) is 0 Å². The van der Waals surface area contributed by atoms with E-state index in [0.717, 1.165) is 37.9 Å². The maximum absolute atomic E-state index is 13.2. The molecule has 0 aromatic heterocycles. The van der Waals surface area contributed by atoms with Gasteiger partial charge in [0.05, 0.1) is 6.04 Å². The van der Waals surface area contributed by atoms with E-state index in [-0.39, 0.29) is 28.5 Å². The van der Waals surface area contributed by atoms with Crippen LogP contribution in [-0.2, 0) is 22.4 Å². The number of hydrogen-bond donors (Lipinski definition) is 3. The number of nitrogens with zero attached hydrogens (tertiary/aromatic N) is 2. The number of aryl methyl sites for hydroxylation is 1. The van der Waals surface area contributed by atoms with Gasteiger partial charge >= 0.3 is 0 Å². The molecule has 0 saturated carbocycles. The molecule has 7 nitrogen and oxygen atoms in total. The number of anilines is 1. The zero-order valence-electron chi connectivity index (χ0n) is 22.4. The van der Waals surface area contributed by atoms with Gasteiger partial charge in [0.15, 0.2) is 0 Å². The summed E-state index contributed by atoms with van der Waals surface area (Å²) in [6.07, 6.45) is 6.71. The van der Waals surface area contributed by atoms with E-state index in [4.69, 9.17) is 5.73 Å². The van der Waals surface area contributed by atoms with Gasteiger partial charge in [-0.25, -0.2) is 0 Å². The summed E-state index contributed by atoms with van der Waals surface area (Å²) >= 11 is 1.50. The first-order valence-corrected chi connectivity index (χ1v) is 15.1. The Labute approximate surface area is 230 Å². The second-order valence-corrected chi connectivity index (χ2v) is 12.0. The molecule has 2 aromatic rings. The number of likely N-dealkylation sites (tertiary alicyclic amines) is 1. The Kier molecular flexibility index (Phi) is 8.92. The molecule has 2 aromatic carbocycles. The fourth-order valence-electron chi connectivity index (χ4n) is 5.95. The minimum Gasteiger partial charge on any atom is -0.383 e. The predicted molar refractivity (Wildman–Crippen MR) is 155 cm³/mol. The van der Waals surface area contributed by atoms with Crippen molar-refractivity contribution in [3.05, 3.63) is 65.2 Å². The summed E-state index contributed by atoms with van der Waals surface area (Å²) in [6.45, 7) is 6.56. The average molecular weight is 536 g/mol. The van der Waals surface area contributed by atoms with E-state index in [9.17, 15) is 9.59 Å². The van der Waals surface area contributed by atoms with Crippen LogP contribution in [-0.4, -0.2) is 71.0 Å². The zero-order valence-corrected chi connectivity index (χ0v) is 23.2. The first-order valence-electron chi connectivity index (χ1n) is 14.2. The summed E-state index contributed by atoms with van der Waals surface area (Å²) in [6, 6.07) is 16.0. The number of amides is 2. The van der Waals surface area contributed by atoms with Gasteiger partial charge in [-0.15, -0.1) is 11.8 Å². The number of fused-ring (bicyclic) bond motifs is 1. The Morgan fingerprint density at radius 1 is 1.11 bits per heavy atom. The third kappa shape index (κ3) is 6.19. The molecule has 2 heterocycles.